The number of carbonyl (C=O) groups excluding carboxylic acids is 2. The van der Waals surface area contributed by atoms with E-state index in [1.54, 1.807) is 0 Å². The second kappa shape index (κ2) is 5.46. The molecular weight excluding hydrogens is 222 g/mol. The Hall–Kier alpha value is -1.14. The highest BCUT2D eigenvalue weighted by molar-refractivity contribution is 5.91. The quantitative estimate of drug-likeness (QED) is 0.601. The normalized spacial score (nSPS) is 29.2. The Morgan fingerprint density at radius 3 is 2.94 bits per heavy atom. The summed E-state index contributed by atoms with van der Waals surface area (Å²) < 4.78 is 0. The average molecular weight is 241 g/mol. The number of amides is 2. The molecule has 0 spiro atoms. The lowest BCUT2D eigenvalue weighted by atomic mass is 9.98. The van der Waals surface area contributed by atoms with Crippen LogP contribution in [0.2, 0.25) is 0 Å². The molecule has 2 saturated heterocycles. The standard InChI is InChI=1S/C11H19N3O3/c15-6-4-8-3-1-2-5-14(8)11(17)9-7-10(16)13-12-9/h8-9,12,15H,1-7H2,(H,13,16). The number of hydrogen-bond donors (Lipinski definition) is 3. The lowest BCUT2D eigenvalue weighted by Crippen LogP contribution is -2.51. The fraction of sp³-hybridized carbons (Fsp3) is 0.818. The van der Waals surface area contributed by atoms with Crippen LogP contribution in [0.25, 0.3) is 0 Å². The van der Waals surface area contributed by atoms with Crippen LogP contribution in [0.5, 0.6) is 0 Å². The summed E-state index contributed by atoms with van der Waals surface area (Å²) >= 11 is 0. The largest absolute Gasteiger partial charge is 0.396 e. The summed E-state index contributed by atoms with van der Waals surface area (Å²) in [7, 11) is 0. The van der Waals surface area contributed by atoms with Gasteiger partial charge in [-0.3, -0.25) is 15.0 Å². The molecule has 3 N–H and O–H groups in total. The van der Waals surface area contributed by atoms with E-state index in [0.29, 0.717) is 6.42 Å². The van der Waals surface area contributed by atoms with Crippen LogP contribution in [0.15, 0.2) is 0 Å². The first-order valence-corrected chi connectivity index (χ1v) is 6.18. The van der Waals surface area contributed by atoms with Crippen molar-refractivity contribution in [2.45, 2.75) is 44.2 Å². The first-order chi connectivity index (χ1) is 8.22. The summed E-state index contributed by atoms with van der Waals surface area (Å²) in [5.74, 6) is -0.166. The van der Waals surface area contributed by atoms with E-state index in [1.807, 2.05) is 4.90 Å². The zero-order valence-corrected chi connectivity index (χ0v) is 9.82. The van der Waals surface area contributed by atoms with E-state index in [4.69, 9.17) is 5.11 Å². The van der Waals surface area contributed by atoms with Crippen molar-refractivity contribution in [2.75, 3.05) is 13.2 Å². The van der Waals surface area contributed by atoms with Crippen LogP contribution in [-0.4, -0.2) is 47.1 Å². The highest BCUT2D eigenvalue weighted by Crippen LogP contribution is 2.21. The van der Waals surface area contributed by atoms with Gasteiger partial charge in [0.2, 0.25) is 11.8 Å². The van der Waals surface area contributed by atoms with Gasteiger partial charge >= 0.3 is 0 Å². The molecule has 0 aromatic rings. The molecule has 2 fully saturated rings. The van der Waals surface area contributed by atoms with Gasteiger partial charge in [0.05, 0.1) is 6.42 Å². The molecule has 0 aliphatic carbocycles. The highest BCUT2D eigenvalue weighted by Gasteiger charge is 2.35. The number of piperidine rings is 1. The molecule has 2 atom stereocenters. The summed E-state index contributed by atoms with van der Waals surface area (Å²) in [5.41, 5.74) is 5.16. The SMILES string of the molecule is O=C1CC(C(=O)N2CCCCC2CCO)NN1. The molecule has 2 unspecified atom stereocenters. The van der Waals surface area contributed by atoms with Gasteiger partial charge in [-0.05, 0) is 25.7 Å². The third-order valence-electron chi connectivity index (χ3n) is 3.45. The van der Waals surface area contributed by atoms with Crippen LogP contribution in [0.4, 0.5) is 0 Å². The molecule has 6 nitrogen and oxygen atoms in total. The molecule has 6 heteroatoms. The third kappa shape index (κ3) is 2.76. The Bertz CT molecular complexity index is 306. The van der Waals surface area contributed by atoms with Crippen LogP contribution < -0.4 is 10.9 Å². The van der Waals surface area contributed by atoms with Gasteiger partial charge in [-0.15, -0.1) is 0 Å². The minimum atomic E-state index is -0.443. The van der Waals surface area contributed by atoms with Gasteiger partial charge in [-0.1, -0.05) is 0 Å². The van der Waals surface area contributed by atoms with E-state index < -0.39 is 6.04 Å². The number of hydrazine groups is 1. The summed E-state index contributed by atoms with van der Waals surface area (Å²) in [6.07, 6.45) is 3.88. The fourth-order valence-electron chi connectivity index (χ4n) is 2.54. The molecule has 2 amide bonds. The molecule has 0 radical (unpaired) electrons. The van der Waals surface area contributed by atoms with Crippen LogP contribution >= 0.6 is 0 Å². The van der Waals surface area contributed by atoms with E-state index in [1.165, 1.54) is 0 Å². The summed E-state index contributed by atoms with van der Waals surface area (Å²) in [4.78, 5) is 25.1. The molecule has 0 aromatic heterocycles. The molecule has 2 heterocycles. The lowest BCUT2D eigenvalue weighted by molar-refractivity contribution is -0.137. The number of aliphatic hydroxyl groups is 1. The fourth-order valence-corrected chi connectivity index (χ4v) is 2.54. The predicted octanol–water partition coefficient (Wildman–Crippen LogP) is -0.857. The monoisotopic (exact) mass is 241 g/mol. The number of nitrogens with one attached hydrogen (secondary N) is 2. The van der Waals surface area contributed by atoms with E-state index in [0.717, 1.165) is 25.8 Å². The van der Waals surface area contributed by atoms with Gasteiger partial charge in [-0.2, -0.15) is 0 Å². The van der Waals surface area contributed by atoms with Crippen LogP contribution in [0.3, 0.4) is 0 Å². The number of likely N-dealkylation sites (tertiary alicyclic amines) is 1. The van der Waals surface area contributed by atoms with E-state index in [2.05, 4.69) is 10.9 Å². The van der Waals surface area contributed by atoms with Gasteiger partial charge in [0.1, 0.15) is 6.04 Å². The summed E-state index contributed by atoms with van der Waals surface area (Å²) in [6.45, 7) is 0.833. The van der Waals surface area contributed by atoms with Crippen LogP contribution in [0.1, 0.15) is 32.1 Å². The van der Waals surface area contributed by atoms with Crippen molar-refractivity contribution >= 4 is 11.8 Å². The second-order valence-corrected chi connectivity index (χ2v) is 4.64. The Morgan fingerprint density at radius 1 is 1.47 bits per heavy atom. The lowest BCUT2D eigenvalue weighted by Gasteiger charge is -2.36. The molecule has 0 aromatic carbocycles. The summed E-state index contributed by atoms with van der Waals surface area (Å²) in [6, 6.07) is -0.319. The van der Waals surface area contributed by atoms with Crippen LogP contribution in [0, 0.1) is 0 Å². The van der Waals surface area contributed by atoms with Crippen molar-refractivity contribution in [3.63, 3.8) is 0 Å². The molecule has 0 saturated carbocycles. The maximum atomic E-state index is 12.2. The van der Waals surface area contributed by atoms with Gasteiger partial charge in [0.25, 0.3) is 0 Å². The van der Waals surface area contributed by atoms with Crippen molar-refractivity contribution in [3.05, 3.63) is 0 Å². The smallest absolute Gasteiger partial charge is 0.242 e. The maximum Gasteiger partial charge on any atom is 0.242 e. The molecular formula is C11H19N3O3. The topological polar surface area (TPSA) is 81.7 Å². The number of hydrogen-bond acceptors (Lipinski definition) is 4. The Labute approximate surface area is 100 Å². The number of carbonyl (C=O) groups is 2. The second-order valence-electron chi connectivity index (χ2n) is 4.64. The Balaban J connectivity index is 1.98. The Kier molecular flexibility index (Phi) is 3.96. The zero-order valence-electron chi connectivity index (χ0n) is 9.82. The number of aliphatic hydroxyl groups excluding tert-OH is 1. The first kappa shape index (κ1) is 12.3. The number of nitrogens with zero attached hydrogens (tertiary/aromatic N) is 1. The minimum absolute atomic E-state index is 0.0264. The molecule has 96 valence electrons. The highest BCUT2D eigenvalue weighted by atomic mass is 16.3. The molecule has 2 aliphatic heterocycles. The molecule has 0 bridgehead atoms. The molecule has 17 heavy (non-hydrogen) atoms. The van der Waals surface area contributed by atoms with E-state index in [9.17, 15) is 9.59 Å². The van der Waals surface area contributed by atoms with Crippen molar-refractivity contribution in [3.8, 4) is 0 Å². The first-order valence-electron chi connectivity index (χ1n) is 6.18. The third-order valence-corrected chi connectivity index (χ3v) is 3.45. The average Bonchev–Trinajstić information content (AvgIpc) is 2.76. The zero-order chi connectivity index (χ0) is 12.3. The summed E-state index contributed by atoms with van der Waals surface area (Å²) in [5, 5.41) is 9.01. The van der Waals surface area contributed by atoms with Gasteiger partial charge in [0, 0.05) is 19.2 Å². The van der Waals surface area contributed by atoms with Gasteiger partial charge in [-0.25, -0.2) is 5.43 Å². The van der Waals surface area contributed by atoms with Gasteiger partial charge < -0.3 is 10.0 Å². The van der Waals surface area contributed by atoms with Crippen molar-refractivity contribution < 1.29 is 14.7 Å². The molecule has 2 aliphatic rings. The van der Waals surface area contributed by atoms with E-state index in [-0.39, 0.29) is 30.9 Å². The van der Waals surface area contributed by atoms with E-state index >= 15 is 0 Å². The maximum absolute atomic E-state index is 12.2. The minimum Gasteiger partial charge on any atom is -0.396 e. The van der Waals surface area contributed by atoms with Crippen molar-refractivity contribution in [1.29, 1.82) is 0 Å². The van der Waals surface area contributed by atoms with Crippen molar-refractivity contribution in [1.82, 2.24) is 15.8 Å². The van der Waals surface area contributed by atoms with Crippen LogP contribution in [-0.2, 0) is 9.59 Å². The number of rotatable bonds is 3. The molecule has 2 rings (SSSR count). The predicted molar refractivity (Wildman–Crippen MR) is 60.7 cm³/mol. The van der Waals surface area contributed by atoms with Gasteiger partial charge in [0.15, 0.2) is 0 Å². The Morgan fingerprint density at radius 2 is 2.29 bits per heavy atom. The van der Waals surface area contributed by atoms with Crippen molar-refractivity contribution in [2.24, 2.45) is 0 Å².